The molecule has 0 saturated heterocycles. The van der Waals surface area contributed by atoms with Crippen molar-refractivity contribution in [1.82, 2.24) is 4.98 Å². The fraction of sp³-hybridized carbons (Fsp3) is 0.353. The molecule has 1 aromatic carbocycles. The van der Waals surface area contributed by atoms with Crippen molar-refractivity contribution in [3.05, 3.63) is 51.7 Å². The maximum Gasteiger partial charge on any atom is 0.311 e. The minimum atomic E-state index is -0.387. The molecule has 0 aliphatic heterocycles. The molecule has 0 amide bonds. The number of ether oxygens (including phenoxy) is 1. The van der Waals surface area contributed by atoms with Crippen LogP contribution in [-0.2, 0) is 6.54 Å². The van der Waals surface area contributed by atoms with E-state index in [4.69, 9.17) is 4.74 Å². The van der Waals surface area contributed by atoms with E-state index < -0.39 is 0 Å². The number of benzene rings is 1. The molecule has 0 spiro atoms. The molecule has 7 nitrogen and oxygen atoms in total. The maximum atomic E-state index is 11.4. The molecule has 126 valence electrons. The summed E-state index contributed by atoms with van der Waals surface area (Å²) >= 11 is 0. The predicted octanol–water partition coefficient (Wildman–Crippen LogP) is 3.18. The minimum absolute atomic E-state index is 0.0210. The molecule has 1 N–H and O–H groups in total. The molecule has 1 aliphatic rings. The third kappa shape index (κ3) is 3.24. The van der Waals surface area contributed by atoms with Crippen LogP contribution in [0.1, 0.15) is 24.0 Å². The second-order valence-electron chi connectivity index (χ2n) is 5.98. The molecule has 0 bridgehead atoms. The Hall–Kier alpha value is -2.83. The van der Waals surface area contributed by atoms with E-state index in [1.54, 1.807) is 37.4 Å². The molecule has 1 fully saturated rings. The van der Waals surface area contributed by atoms with Crippen molar-refractivity contribution in [2.24, 2.45) is 0 Å². The average Bonchev–Trinajstić information content (AvgIpc) is 3.39. The summed E-state index contributed by atoms with van der Waals surface area (Å²) in [5.74, 6) is 0.841. The van der Waals surface area contributed by atoms with Gasteiger partial charge in [-0.15, -0.1) is 0 Å². The van der Waals surface area contributed by atoms with Gasteiger partial charge in [-0.1, -0.05) is 6.07 Å². The molecule has 1 aliphatic carbocycles. The zero-order valence-corrected chi connectivity index (χ0v) is 13.6. The first-order chi connectivity index (χ1) is 11.5. The molecule has 1 aromatic heterocycles. The predicted molar refractivity (Wildman–Crippen MR) is 89.5 cm³/mol. The Bertz CT molecular complexity index is 774. The van der Waals surface area contributed by atoms with Gasteiger partial charge in [0.1, 0.15) is 0 Å². The van der Waals surface area contributed by atoms with E-state index in [9.17, 15) is 15.2 Å². The first-order valence-electron chi connectivity index (χ1n) is 7.73. The standard InChI is InChI=1S/C17H19N3O4/c1-11-7-14(20(22)23)17(18-9-11)19(13-4-5-13)10-12-3-6-15(21)16(8-12)24-2/h3,6-9,13,21H,4-5,10H2,1-2H3. The van der Waals surface area contributed by atoms with Gasteiger partial charge in [-0.3, -0.25) is 10.1 Å². The van der Waals surface area contributed by atoms with E-state index in [-0.39, 0.29) is 22.4 Å². The number of methoxy groups -OCH3 is 1. The number of aromatic nitrogens is 1. The zero-order valence-electron chi connectivity index (χ0n) is 13.6. The number of hydrogen-bond acceptors (Lipinski definition) is 6. The molecule has 24 heavy (non-hydrogen) atoms. The van der Waals surface area contributed by atoms with Gasteiger partial charge in [-0.05, 0) is 43.0 Å². The summed E-state index contributed by atoms with van der Waals surface area (Å²) in [6.07, 6.45) is 3.62. The van der Waals surface area contributed by atoms with Crippen molar-refractivity contribution in [2.75, 3.05) is 12.0 Å². The van der Waals surface area contributed by atoms with Crippen molar-refractivity contribution in [3.63, 3.8) is 0 Å². The molecule has 1 saturated carbocycles. The number of nitrogens with zero attached hydrogens (tertiary/aromatic N) is 3. The van der Waals surface area contributed by atoms with Crippen molar-refractivity contribution >= 4 is 11.5 Å². The van der Waals surface area contributed by atoms with Gasteiger partial charge in [0.25, 0.3) is 0 Å². The number of aryl methyl sites for hydroxylation is 1. The average molecular weight is 329 g/mol. The number of phenolic OH excluding ortho intramolecular Hbond substituents is 1. The molecular weight excluding hydrogens is 310 g/mol. The van der Waals surface area contributed by atoms with E-state index in [0.717, 1.165) is 24.0 Å². The van der Waals surface area contributed by atoms with Crippen LogP contribution < -0.4 is 9.64 Å². The van der Waals surface area contributed by atoms with Gasteiger partial charge >= 0.3 is 5.69 Å². The van der Waals surface area contributed by atoms with Crippen molar-refractivity contribution < 1.29 is 14.8 Å². The lowest BCUT2D eigenvalue weighted by atomic mass is 10.1. The lowest BCUT2D eigenvalue weighted by Crippen LogP contribution is -2.27. The highest BCUT2D eigenvalue weighted by atomic mass is 16.6. The third-order valence-electron chi connectivity index (χ3n) is 4.04. The number of anilines is 1. The summed E-state index contributed by atoms with van der Waals surface area (Å²) in [6, 6.07) is 6.89. The summed E-state index contributed by atoms with van der Waals surface area (Å²) in [6.45, 7) is 2.26. The number of rotatable bonds is 6. The largest absolute Gasteiger partial charge is 0.504 e. The summed E-state index contributed by atoms with van der Waals surface area (Å²) in [4.78, 5) is 17.3. The van der Waals surface area contributed by atoms with Crippen LogP contribution in [0.15, 0.2) is 30.5 Å². The molecule has 0 atom stereocenters. The van der Waals surface area contributed by atoms with Gasteiger partial charge in [-0.2, -0.15) is 0 Å². The number of phenols is 1. The van der Waals surface area contributed by atoms with Crippen molar-refractivity contribution in [1.29, 1.82) is 0 Å². The molecule has 0 radical (unpaired) electrons. The monoisotopic (exact) mass is 329 g/mol. The quantitative estimate of drug-likeness (QED) is 0.647. The highest BCUT2D eigenvalue weighted by Gasteiger charge is 2.34. The van der Waals surface area contributed by atoms with Crippen LogP contribution in [0.2, 0.25) is 0 Å². The van der Waals surface area contributed by atoms with Crippen molar-refractivity contribution in [3.8, 4) is 11.5 Å². The van der Waals surface area contributed by atoms with E-state index in [1.165, 1.54) is 7.11 Å². The van der Waals surface area contributed by atoms with Crippen LogP contribution in [0, 0.1) is 17.0 Å². The summed E-state index contributed by atoms with van der Waals surface area (Å²) < 4.78 is 5.13. The minimum Gasteiger partial charge on any atom is -0.504 e. The molecule has 1 heterocycles. The highest BCUT2D eigenvalue weighted by Crippen LogP contribution is 2.37. The smallest absolute Gasteiger partial charge is 0.311 e. The number of pyridine rings is 1. The van der Waals surface area contributed by atoms with Gasteiger partial charge < -0.3 is 14.7 Å². The van der Waals surface area contributed by atoms with E-state index in [2.05, 4.69) is 4.98 Å². The highest BCUT2D eigenvalue weighted by molar-refractivity contribution is 5.60. The Balaban J connectivity index is 1.96. The van der Waals surface area contributed by atoms with Crippen molar-refractivity contribution in [2.45, 2.75) is 32.4 Å². The second-order valence-corrected chi connectivity index (χ2v) is 5.98. The van der Waals surface area contributed by atoms with Crippen LogP contribution >= 0.6 is 0 Å². The summed E-state index contributed by atoms with van der Waals surface area (Å²) in [5.41, 5.74) is 1.67. The third-order valence-corrected chi connectivity index (χ3v) is 4.04. The molecule has 7 heteroatoms. The first kappa shape index (κ1) is 16.0. The van der Waals surface area contributed by atoms with Gasteiger partial charge in [0.2, 0.25) is 5.82 Å². The molecule has 0 unspecified atom stereocenters. The Labute approximate surface area is 139 Å². The summed E-state index contributed by atoms with van der Waals surface area (Å²) in [7, 11) is 1.49. The zero-order chi connectivity index (χ0) is 17.3. The van der Waals surface area contributed by atoms with Crippen LogP contribution in [0.4, 0.5) is 11.5 Å². The fourth-order valence-corrected chi connectivity index (χ4v) is 2.68. The second kappa shape index (κ2) is 6.35. The van der Waals surface area contributed by atoms with Gasteiger partial charge in [0, 0.05) is 24.8 Å². The van der Waals surface area contributed by atoms with E-state index in [0.29, 0.717) is 18.1 Å². The van der Waals surface area contributed by atoms with E-state index >= 15 is 0 Å². The van der Waals surface area contributed by atoms with Gasteiger partial charge in [0.15, 0.2) is 11.5 Å². The van der Waals surface area contributed by atoms with Gasteiger partial charge in [-0.25, -0.2) is 4.98 Å². The van der Waals surface area contributed by atoms with Crippen LogP contribution in [-0.4, -0.2) is 28.2 Å². The lowest BCUT2D eigenvalue weighted by Gasteiger charge is -2.23. The Morgan fingerprint density at radius 2 is 2.17 bits per heavy atom. The van der Waals surface area contributed by atoms with Gasteiger partial charge in [0.05, 0.1) is 12.0 Å². The maximum absolute atomic E-state index is 11.4. The first-order valence-corrected chi connectivity index (χ1v) is 7.73. The van der Waals surface area contributed by atoms with Crippen LogP contribution in [0.25, 0.3) is 0 Å². The number of aromatic hydroxyl groups is 1. The normalized spacial score (nSPS) is 13.6. The fourth-order valence-electron chi connectivity index (χ4n) is 2.68. The van der Waals surface area contributed by atoms with Crippen LogP contribution in [0.3, 0.4) is 0 Å². The van der Waals surface area contributed by atoms with Crippen LogP contribution in [0.5, 0.6) is 11.5 Å². The van der Waals surface area contributed by atoms with E-state index in [1.807, 2.05) is 4.90 Å². The Morgan fingerprint density at radius 3 is 2.79 bits per heavy atom. The SMILES string of the molecule is COc1cc(CN(c2ncc(C)cc2[N+](=O)[O-])C2CC2)ccc1O. The summed E-state index contributed by atoms with van der Waals surface area (Å²) in [5, 5.41) is 21.1. The number of nitro groups is 1. The Kier molecular flexibility index (Phi) is 4.24. The molecule has 3 rings (SSSR count). The topological polar surface area (TPSA) is 88.7 Å². The Morgan fingerprint density at radius 1 is 1.42 bits per heavy atom. The lowest BCUT2D eigenvalue weighted by molar-refractivity contribution is -0.384. The number of hydrogen-bond donors (Lipinski definition) is 1. The molecule has 2 aromatic rings. The molecular formula is C17H19N3O4.